The highest BCUT2D eigenvalue weighted by molar-refractivity contribution is 7.91. The van der Waals surface area contributed by atoms with Gasteiger partial charge < -0.3 is 15.5 Å². The molecule has 1 aliphatic carbocycles. The van der Waals surface area contributed by atoms with Gasteiger partial charge in [-0.15, -0.1) is 6.58 Å². The number of hydrogen-bond acceptors (Lipinski definition) is 7. The average Bonchev–Trinajstić information content (AvgIpc) is 3.23. The molecule has 11 heteroatoms. The smallest absolute Gasteiger partial charge is 0.315 e. The minimum atomic E-state index is -3.48. The summed E-state index contributed by atoms with van der Waals surface area (Å²) in [6.45, 7) is 24.7. The van der Waals surface area contributed by atoms with E-state index < -0.39 is 68.2 Å². The van der Waals surface area contributed by atoms with Crippen molar-refractivity contribution in [2.45, 2.75) is 126 Å². The Morgan fingerprint density at radius 2 is 1.62 bits per heavy atom. The molecule has 1 heterocycles. The zero-order valence-corrected chi connectivity index (χ0v) is 31.5. The SMILES string of the molecule is C=CCCC(=O)C(=O)C(CCC)CC(=O)[C@@H]1[C@@H]2[C@H](CN1C(=O)[C@@H](NC(=O)N[C@H](CS(=O)(=O)CC(C)(C)C)C(C)C)C(C)(C)C)C2(C)C. The summed E-state index contributed by atoms with van der Waals surface area (Å²) >= 11 is 0. The van der Waals surface area contributed by atoms with Crippen molar-refractivity contribution in [2.75, 3.05) is 18.1 Å². The average molecular weight is 680 g/mol. The molecule has 1 saturated heterocycles. The van der Waals surface area contributed by atoms with Crippen molar-refractivity contribution >= 4 is 39.1 Å². The van der Waals surface area contributed by atoms with Crippen molar-refractivity contribution in [3.63, 3.8) is 0 Å². The van der Waals surface area contributed by atoms with E-state index >= 15 is 0 Å². The molecule has 2 rings (SSSR count). The van der Waals surface area contributed by atoms with Crippen LogP contribution < -0.4 is 10.6 Å². The number of fused-ring (bicyclic) bond motifs is 1. The van der Waals surface area contributed by atoms with Crippen LogP contribution in [0.1, 0.15) is 108 Å². The zero-order chi connectivity index (χ0) is 36.3. The second-order valence-corrected chi connectivity index (χ2v) is 19.2. The third-order valence-electron chi connectivity index (χ3n) is 9.72. The number of carbonyl (C=O) groups excluding carboxylic acids is 5. The van der Waals surface area contributed by atoms with Crippen molar-refractivity contribution in [2.24, 2.45) is 39.9 Å². The summed E-state index contributed by atoms with van der Waals surface area (Å²) in [4.78, 5) is 68.9. The normalized spacial score (nSPS) is 22.6. The Morgan fingerprint density at radius 1 is 1.02 bits per heavy atom. The van der Waals surface area contributed by atoms with Gasteiger partial charge in [0.15, 0.2) is 21.4 Å². The van der Waals surface area contributed by atoms with E-state index in [1.54, 1.807) is 11.0 Å². The van der Waals surface area contributed by atoms with Gasteiger partial charge in [-0.2, -0.15) is 0 Å². The molecule has 10 nitrogen and oxygen atoms in total. The number of likely N-dealkylation sites (tertiary alicyclic amines) is 1. The van der Waals surface area contributed by atoms with Crippen molar-refractivity contribution in [3.8, 4) is 0 Å². The molecule has 0 aromatic heterocycles. The molecule has 2 fully saturated rings. The summed E-state index contributed by atoms with van der Waals surface area (Å²) in [6, 6.07) is -3.10. The summed E-state index contributed by atoms with van der Waals surface area (Å²) < 4.78 is 25.9. The first-order valence-electron chi connectivity index (χ1n) is 17.2. The Kier molecular flexibility index (Phi) is 13.2. The second kappa shape index (κ2) is 15.3. The first kappa shape index (κ1) is 40.6. The Hall–Kier alpha value is -2.56. The van der Waals surface area contributed by atoms with Gasteiger partial charge in [0, 0.05) is 31.3 Å². The summed E-state index contributed by atoms with van der Waals surface area (Å²) in [7, 11) is -3.48. The van der Waals surface area contributed by atoms with Gasteiger partial charge in [-0.3, -0.25) is 19.2 Å². The standard InChI is InChI=1S/C36H61N3O7S/c1-13-15-17-26(40)30(42)23(16-14-2)18-27(41)29-28-24(36(28,11)12)19-39(29)32(43)31(35(8,9)10)38-33(44)37-25(22(3)4)20-47(45,46)21-34(5,6)7/h13,22-25,28-29,31H,1,14-21H2,2-12H3,(H2,37,38,44)/t23?,24-,25+,28-,29+,31+/m0/s1. The second-order valence-electron chi connectivity index (χ2n) is 17.0. The fourth-order valence-corrected chi connectivity index (χ4v) is 9.51. The van der Waals surface area contributed by atoms with E-state index in [2.05, 4.69) is 31.1 Å². The summed E-state index contributed by atoms with van der Waals surface area (Å²) in [5.74, 6) is -2.83. The van der Waals surface area contributed by atoms with Crippen LogP contribution in [0.5, 0.6) is 0 Å². The lowest BCUT2D eigenvalue weighted by Gasteiger charge is -2.38. The minimum absolute atomic E-state index is 0.0215. The van der Waals surface area contributed by atoms with Gasteiger partial charge >= 0.3 is 6.03 Å². The highest BCUT2D eigenvalue weighted by Gasteiger charge is 2.69. The lowest BCUT2D eigenvalue weighted by Crippen LogP contribution is -2.60. The maximum absolute atomic E-state index is 14.3. The third-order valence-corrected chi connectivity index (χ3v) is 11.9. The highest BCUT2D eigenvalue weighted by atomic mass is 32.2. The molecule has 2 N–H and O–H groups in total. The number of hydrogen-bond donors (Lipinski definition) is 2. The number of piperidine rings is 1. The van der Waals surface area contributed by atoms with E-state index in [0.29, 0.717) is 25.8 Å². The predicted molar refractivity (Wildman–Crippen MR) is 185 cm³/mol. The maximum atomic E-state index is 14.3. The molecule has 1 unspecified atom stereocenters. The zero-order valence-electron chi connectivity index (χ0n) is 30.7. The number of sulfone groups is 1. The van der Waals surface area contributed by atoms with Gasteiger partial charge in [0.25, 0.3) is 0 Å². The van der Waals surface area contributed by atoms with Crippen molar-refractivity contribution in [3.05, 3.63) is 12.7 Å². The van der Waals surface area contributed by atoms with E-state index in [-0.39, 0.29) is 53.3 Å². The lowest BCUT2D eigenvalue weighted by atomic mass is 9.84. The van der Waals surface area contributed by atoms with E-state index in [0.717, 1.165) is 0 Å². The van der Waals surface area contributed by atoms with Gasteiger partial charge in [0.2, 0.25) is 11.7 Å². The number of rotatable bonds is 17. The van der Waals surface area contributed by atoms with Crippen LogP contribution in [0.15, 0.2) is 12.7 Å². The molecular weight excluding hydrogens is 618 g/mol. The van der Waals surface area contributed by atoms with Crippen LogP contribution >= 0.6 is 0 Å². The van der Waals surface area contributed by atoms with Crippen molar-refractivity contribution in [1.29, 1.82) is 0 Å². The summed E-state index contributed by atoms with van der Waals surface area (Å²) in [5, 5.41) is 5.63. The first-order chi connectivity index (χ1) is 21.4. The van der Waals surface area contributed by atoms with Crippen LogP contribution in [0.4, 0.5) is 4.79 Å². The number of Topliss-reactive ketones (excluding diaryl/α,β-unsaturated/α-hetero) is 3. The summed E-state index contributed by atoms with van der Waals surface area (Å²) in [6.07, 6.45) is 2.94. The predicted octanol–water partition coefficient (Wildman–Crippen LogP) is 5.15. The molecule has 0 radical (unpaired) electrons. The number of nitrogens with one attached hydrogen (secondary N) is 2. The van der Waals surface area contributed by atoms with Gasteiger partial charge in [-0.1, -0.05) is 88.7 Å². The number of carbonyl (C=O) groups is 5. The van der Waals surface area contributed by atoms with Gasteiger partial charge in [0.05, 0.1) is 17.5 Å². The Balaban J connectivity index is 2.30. The molecule has 2 aliphatic rings. The largest absolute Gasteiger partial charge is 0.334 e. The lowest BCUT2D eigenvalue weighted by molar-refractivity contribution is -0.144. The van der Waals surface area contributed by atoms with E-state index in [1.807, 2.05) is 62.3 Å². The number of ketones is 3. The number of allylic oxidation sites excluding steroid dienone is 1. The van der Waals surface area contributed by atoms with Crippen molar-refractivity contribution in [1.82, 2.24) is 15.5 Å². The van der Waals surface area contributed by atoms with Gasteiger partial charge in [-0.25, -0.2) is 13.2 Å². The molecule has 0 aromatic carbocycles. The number of urea groups is 1. The molecule has 47 heavy (non-hydrogen) atoms. The molecule has 0 bridgehead atoms. The Bertz CT molecular complexity index is 1310. The van der Waals surface area contributed by atoms with Gasteiger partial charge in [0.1, 0.15) is 6.04 Å². The van der Waals surface area contributed by atoms with Gasteiger partial charge in [-0.05, 0) is 46.8 Å². The highest BCUT2D eigenvalue weighted by Crippen LogP contribution is 2.65. The molecule has 1 aliphatic heterocycles. The van der Waals surface area contributed by atoms with E-state index in [4.69, 9.17) is 0 Å². The van der Waals surface area contributed by atoms with Crippen LogP contribution in [-0.4, -0.2) is 78.8 Å². The van der Waals surface area contributed by atoms with Crippen molar-refractivity contribution < 1.29 is 32.4 Å². The van der Waals surface area contributed by atoms with Crippen LogP contribution in [0.3, 0.4) is 0 Å². The van der Waals surface area contributed by atoms with Crippen LogP contribution in [0.25, 0.3) is 0 Å². The van der Waals surface area contributed by atoms with Crippen LogP contribution in [-0.2, 0) is 29.0 Å². The van der Waals surface area contributed by atoms with E-state index in [9.17, 15) is 32.4 Å². The van der Waals surface area contributed by atoms with Crippen LogP contribution in [0.2, 0.25) is 0 Å². The third kappa shape index (κ3) is 10.7. The molecular formula is C36H61N3O7S. The first-order valence-corrected chi connectivity index (χ1v) is 19.0. The monoisotopic (exact) mass is 679 g/mol. The molecule has 6 atom stereocenters. The Labute approximate surface area is 283 Å². The molecule has 0 aromatic rings. The molecule has 0 spiro atoms. The topological polar surface area (TPSA) is 147 Å². The Morgan fingerprint density at radius 3 is 2.11 bits per heavy atom. The summed E-state index contributed by atoms with van der Waals surface area (Å²) in [5.41, 5.74) is -1.34. The maximum Gasteiger partial charge on any atom is 0.315 e. The fourth-order valence-electron chi connectivity index (χ4n) is 7.05. The number of amides is 3. The number of nitrogens with zero attached hydrogens (tertiary/aromatic N) is 1. The fraction of sp³-hybridized carbons (Fsp3) is 0.806. The van der Waals surface area contributed by atoms with Crippen LogP contribution in [0, 0.1) is 39.9 Å². The molecule has 1 saturated carbocycles. The minimum Gasteiger partial charge on any atom is -0.334 e. The molecule has 268 valence electrons. The quantitative estimate of drug-likeness (QED) is 0.160. The van der Waals surface area contributed by atoms with E-state index in [1.165, 1.54) is 0 Å². The molecule has 3 amide bonds.